The predicted octanol–water partition coefficient (Wildman–Crippen LogP) is 2.90. The Kier molecular flexibility index (Phi) is 7.02. The number of sulfonamides is 1. The van der Waals surface area contributed by atoms with Crippen molar-refractivity contribution in [1.29, 1.82) is 0 Å². The first kappa shape index (κ1) is 19.0. The van der Waals surface area contributed by atoms with Crippen LogP contribution in [0.4, 0.5) is 4.79 Å². The van der Waals surface area contributed by atoms with Crippen LogP contribution in [0.25, 0.3) is 0 Å². The van der Waals surface area contributed by atoms with Crippen molar-refractivity contribution < 1.29 is 22.7 Å². The van der Waals surface area contributed by atoms with Crippen LogP contribution in [-0.4, -0.2) is 38.0 Å². The molecule has 0 aromatic heterocycles. The average Bonchev–Trinajstić information content (AvgIpc) is 2.51. The van der Waals surface area contributed by atoms with Crippen LogP contribution in [0.15, 0.2) is 34.3 Å². The van der Waals surface area contributed by atoms with E-state index in [-0.39, 0.29) is 17.4 Å². The summed E-state index contributed by atoms with van der Waals surface area (Å²) in [5, 5.41) is 3.84. The highest BCUT2D eigenvalue weighted by atomic mass is 32.2. The molecule has 0 atom stereocenters. The molecule has 0 saturated heterocycles. The zero-order chi connectivity index (χ0) is 17.5. The molecule has 0 aliphatic rings. The van der Waals surface area contributed by atoms with E-state index in [0.717, 1.165) is 5.56 Å². The standard InChI is InChI=1S/C15H22N2O5S/c1-5-14(21-6-2)16-17(15(18)22-7-3)23(19,20)13-10-8-12(4)9-11-13/h8-11H,5-7H2,1-4H3/b16-14-. The maximum atomic E-state index is 12.7. The minimum atomic E-state index is -4.17. The summed E-state index contributed by atoms with van der Waals surface area (Å²) < 4.78 is 35.7. The number of amides is 1. The summed E-state index contributed by atoms with van der Waals surface area (Å²) >= 11 is 0. The summed E-state index contributed by atoms with van der Waals surface area (Å²) in [7, 11) is -4.17. The molecule has 0 aliphatic heterocycles. The van der Waals surface area contributed by atoms with E-state index in [1.807, 2.05) is 6.92 Å². The normalized spacial score (nSPS) is 11.9. The van der Waals surface area contributed by atoms with Gasteiger partial charge in [-0.05, 0) is 32.9 Å². The molecule has 0 spiro atoms. The summed E-state index contributed by atoms with van der Waals surface area (Å²) in [6, 6.07) is 6.11. The zero-order valence-corrected chi connectivity index (χ0v) is 14.6. The van der Waals surface area contributed by atoms with Crippen LogP contribution in [-0.2, 0) is 19.5 Å². The Hall–Kier alpha value is -2.09. The number of rotatable bonds is 6. The second-order valence-corrected chi connectivity index (χ2v) is 6.31. The molecule has 8 heteroatoms. The molecule has 0 bridgehead atoms. The van der Waals surface area contributed by atoms with Gasteiger partial charge >= 0.3 is 6.09 Å². The Morgan fingerprint density at radius 2 is 1.65 bits per heavy atom. The van der Waals surface area contributed by atoms with Crippen molar-refractivity contribution >= 4 is 22.0 Å². The topological polar surface area (TPSA) is 85.3 Å². The lowest BCUT2D eigenvalue weighted by atomic mass is 10.2. The van der Waals surface area contributed by atoms with Crippen LogP contribution in [0, 0.1) is 6.92 Å². The maximum absolute atomic E-state index is 12.7. The molecular formula is C15H22N2O5S. The first-order valence-electron chi connectivity index (χ1n) is 7.35. The van der Waals surface area contributed by atoms with Gasteiger partial charge in [-0.25, -0.2) is 4.79 Å². The van der Waals surface area contributed by atoms with Gasteiger partial charge in [0.15, 0.2) is 0 Å². The minimum Gasteiger partial charge on any atom is -0.480 e. The number of ether oxygens (including phenoxy) is 2. The van der Waals surface area contributed by atoms with Crippen molar-refractivity contribution in [3.63, 3.8) is 0 Å². The van der Waals surface area contributed by atoms with E-state index in [2.05, 4.69) is 5.10 Å². The summed E-state index contributed by atoms with van der Waals surface area (Å²) in [5.74, 6) is 0.135. The van der Waals surface area contributed by atoms with Gasteiger partial charge in [-0.1, -0.05) is 29.0 Å². The number of carbonyl (C=O) groups excluding carboxylic acids is 1. The molecule has 0 saturated carbocycles. The quantitative estimate of drug-likeness (QED) is 0.451. The van der Waals surface area contributed by atoms with Gasteiger partial charge in [-0.3, -0.25) is 0 Å². The third-order valence-electron chi connectivity index (χ3n) is 2.79. The van der Waals surface area contributed by atoms with E-state index >= 15 is 0 Å². The summed E-state index contributed by atoms with van der Waals surface area (Å²) in [4.78, 5) is 12.0. The van der Waals surface area contributed by atoms with E-state index in [0.29, 0.717) is 17.4 Å². The molecule has 0 fully saturated rings. The fraction of sp³-hybridized carbons (Fsp3) is 0.467. The molecule has 0 aliphatic carbocycles. The number of carbonyl (C=O) groups is 1. The lowest BCUT2D eigenvalue weighted by molar-refractivity contribution is 0.130. The van der Waals surface area contributed by atoms with Gasteiger partial charge in [-0.2, -0.15) is 8.42 Å². The van der Waals surface area contributed by atoms with Crippen molar-refractivity contribution in [2.75, 3.05) is 13.2 Å². The summed E-state index contributed by atoms with van der Waals surface area (Å²) in [5.41, 5.74) is 0.902. The van der Waals surface area contributed by atoms with E-state index in [4.69, 9.17) is 9.47 Å². The molecule has 0 unspecified atom stereocenters. The van der Waals surface area contributed by atoms with Gasteiger partial charge in [0, 0.05) is 6.42 Å². The van der Waals surface area contributed by atoms with Crippen LogP contribution in [0.3, 0.4) is 0 Å². The molecular weight excluding hydrogens is 320 g/mol. The molecule has 0 heterocycles. The van der Waals surface area contributed by atoms with Crippen LogP contribution >= 0.6 is 0 Å². The van der Waals surface area contributed by atoms with Gasteiger partial charge in [0.1, 0.15) is 0 Å². The number of benzene rings is 1. The second-order valence-electron chi connectivity index (χ2n) is 4.54. The molecule has 7 nitrogen and oxygen atoms in total. The van der Waals surface area contributed by atoms with Crippen molar-refractivity contribution in [3.8, 4) is 0 Å². The monoisotopic (exact) mass is 342 g/mol. The molecule has 1 aromatic carbocycles. The molecule has 0 N–H and O–H groups in total. The molecule has 1 amide bonds. The van der Waals surface area contributed by atoms with Crippen molar-refractivity contribution in [2.24, 2.45) is 5.10 Å². The first-order valence-corrected chi connectivity index (χ1v) is 8.79. The van der Waals surface area contributed by atoms with Gasteiger partial charge in [0.2, 0.25) is 5.90 Å². The largest absolute Gasteiger partial charge is 0.480 e. The third kappa shape index (κ3) is 4.95. The minimum absolute atomic E-state index is 0.0321. The Labute approximate surface area is 136 Å². The molecule has 1 aromatic rings. The van der Waals surface area contributed by atoms with E-state index in [1.165, 1.54) is 12.1 Å². The zero-order valence-electron chi connectivity index (χ0n) is 13.8. The van der Waals surface area contributed by atoms with E-state index in [1.54, 1.807) is 32.9 Å². The lowest BCUT2D eigenvalue weighted by Gasteiger charge is -2.18. The fourth-order valence-corrected chi connectivity index (χ4v) is 2.78. The third-order valence-corrected chi connectivity index (χ3v) is 4.34. The first-order chi connectivity index (χ1) is 10.9. The van der Waals surface area contributed by atoms with Gasteiger partial charge in [0.05, 0.1) is 18.1 Å². The highest BCUT2D eigenvalue weighted by Crippen LogP contribution is 2.18. The Morgan fingerprint density at radius 3 is 2.13 bits per heavy atom. The average molecular weight is 342 g/mol. The van der Waals surface area contributed by atoms with Crippen LogP contribution in [0.2, 0.25) is 0 Å². The maximum Gasteiger partial charge on any atom is 0.445 e. The highest BCUT2D eigenvalue weighted by Gasteiger charge is 2.31. The van der Waals surface area contributed by atoms with Crippen molar-refractivity contribution in [3.05, 3.63) is 29.8 Å². The fourth-order valence-electron chi connectivity index (χ4n) is 1.65. The molecule has 128 valence electrons. The molecule has 0 radical (unpaired) electrons. The molecule has 23 heavy (non-hydrogen) atoms. The van der Waals surface area contributed by atoms with Crippen LogP contribution in [0.1, 0.15) is 32.8 Å². The van der Waals surface area contributed by atoms with Crippen molar-refractivity contribution in [2.45, 2.75) is 39.0 Å². The lowest BCUT2D eigenvalue weighted by Crippen LogP contribution is -2.34. The van der Waals surface area contributed by atoms with Crippen LogP contribution < -0.4 is 0 Å². The van der Waals surface area contributed by atoms with Gasteiger partial charge in [0.25, 0.3) is 10.0 Å². The van der Waals surface area contributed by atoms with E-state index in [9.17, 15) is 13.2 Å². The van der Waals surface area contributed by atoms with Gasteiger partial charge < -0.3 is 9.47 Å². The van der Waals surface area contributed by atoms with Crippen molar-refractivity contribution in [1.82, 2.24) is 4.41 Å². The number of aryl methyl sites for hydroxylation is 1. The summed E-state index contributed by atoms with van der Waals surface area (Å²) in [6.07, 6.45) is -0.730. The Morgan fingerprint density at radius 1 is 1.09 bits per heavy atom. The Balaban J connectivity index is 3.32. The Bertz CT molecular complexity index is 653. The predicted molar refractivity (Wildman–Crippen MR) is 86.6 cm³/mol. The van der Waals surface area contributed by atoms with Gasteiger partial charge in [-0.15, -0.1) is 5.10 Å². The van der Waals surface area contributed by atoms with Crippen LogP contribution in [0.5, 0.6) is 0 Å². The number of hydrogen-bond acceptors (Lipinski definition) is 6. The number of hydrazone groups is 1. The smallest absolute Gasteiger partial charge is 0.445 e. The summed E-state index contributed by atoms with van der Waals surface area (Å²) in [6.45, 7) is 7.26. The SMILES string of the molecule is CCOC(=O)N(/N=C(/CC)OCC)S(=O)(=O)c1ccc(C)cc1. The van der Waals surface area contributed by atoms with E-state index < -0.39 is 16.1 Å². The molecule has 1 rings (SSSR count). The second kappa shape index (κ2) is 8.52. The number of nitrogens with zero attached hydrogens (tertiary/aromatic N) is 2. The highest BCUT2D eigenvalue weighted by molar-refractivity contribution is 7.89. The number of hydrogen-bond donors (Lipinski definition) is 0.